The topological polar surface area (TPSA) is 57.6 Å². The summed E-state index contributed by atoms with van der Waals surface area (Å²) in [5.74, 6) is 0.0685. The Kier molecular flexibility index (Phi) is 3.10. The van der Waals surface area contributed by atoms with Crippen LogP contribution in [0, 0.1) is 12.8 Å². The molecule has 2 heterocycles. The average molecular weight is 275 g/mol. The van der Waals surface area contributed by atoms with Crippen LogP contribution in [0.1, 0.15) is 18.7 Å². The van der Waals surface area contributed by atoms with Gasteiger partial charge in [-0.25, -0.2) is 8.42 Å². The Hall–Kier alpha value is -0.430. The summed E-state index contributed by atoms with van der Waals surface area (Å²) < 4.78 is 26.0. The molecule has 0 atom stereocenters. The quantitative estimate of drug-likeness (QED) is 0.908. The Balaban J connectivity index is 2.16. The number of nitrogens with zero attached hydrogens (tertiary/aromatic N) is 1. The Morgan fingerprint density at radius 1 is 1.41 bits per heavy atom. The lowest BCUT2D eigenvalue weighted by atomic mass is 9.85. The van der Waals surface area contributed by atoms with Crippen molar-refractivity contribution in [3.63, 3.8) is 0 Å². The number of β-amino-alcohol motifs (C(OH)–C–C–N with tert-alkyl or cyclic N) is 1. The SMILES string of the molecule is Cc1ccc(S(=O)(=O)N2CC(O)(C(C)C)C2)s1. The van der Waals surface area contributed by atoms with Crippen molar-refractivity contribution in [1.29, 1.82) is 0 Å². The van der Waals surface area contributed by atoms with Gasteiger partial charge in [-0.1, -0.05) is 13.8 Å². The second-order valence-electron chi connectivity index (χ2n) is 4.90. The lowest BCUT2D eigenvalue weighted by Crippen LogP contribution is -2.65. The number of sulfonamides is 1. The molecule has 1 aliphatic rings. The number of rotatable bonds is 3. The van der Waals surface area contributed by atoms with Gasteiger partial charge in [0.1, 0.15) is 4.21 Å². The molecule has 6 heteroatoms. The molecule has 17 heavy (non-hydrogen) atoms. The maximum atomic E-state index is 12.2. The first-order chi connectivity index (χ1) is 7.75. The van der Waals surface area contributed by atoms with Gasteiger partial charge < -0.3 is 5.11 Å². The van der Waals surface area contributed by atoms with Gasteiger partial charge >= 0.3 is 0 Å². The van der Waals surface area contributed by atoms with Crippen molar-refractivity contribution >= 4 is 21.4 Å². The second kappa shape index (κ2) is 4.05. The molecular formula is C11H17NO3S2. The first-order valence-electron chi connectivity index (χ1n) is 5.55. The molecule has 0 aliphatic carbocycles. The molecule has 2 rings (SSSR count). The molecule has 1 aromatic heterocycles. The molecule has 1 N–H and O–H groups in total. The van der Waals surface area contributed by atoms with Gasteiger partial charge in [0.05, 0.1) is 5.60 Å². The van der Waals surface area contributed by atoms with Crippen molar-refractivity contribution in [2.24, 2.45) is 5.92 Å². The standard InChI is InChI=1S/C11H17NO3S2/c1-8(2)11(13)6-12(7-11)17(14,15)10-5-4-9(3)16-10/h4-5,8,13H,6-7H2,1-3H3. The van der Waals surface area contributed by atoms with E-state index in [4.69, 9.17) is 0 Å². The summed E-state index contributed by atoms with van der Waals surface area (Å²) in [7, 11) is -3.39. The van der Waals surface area contributed by atoms with Crippen LogP contribution < -0.4 is 0 Å². The average Bonchev–Trinajstić information content (AvgIpc) is 2.60. The van der Waals surface area contributed by atoms with Crippen molar-refractivity contribution in [1.82, 2.24) is 4.31 Å². The van der Waals surface area contributed by atoms with E-state index < -0.39 is 15.6 Å². The molecule has 0 bridgehead atoms. The molecule has 1 aliphatic heterocycles. The molecule has 0 radical (unpaired) electrons. The second-order valence-corrected chi connectivity index (χ2v) is 8.35. The monoisotopic (exact) mass is 275 g/mol. The van der Waals surface area contributed by atoms with E-state index in [1.807, 2.05) is 20.8 Å². The Labute approximate surface area is 106 Å². The molecule has 0 amide bonds. The smallest absolute Gasteiger partial charge is 0.252 e. The molecule has 0 aromatic carbocycles. The minimum Gasteiger partial charge on any atom is -0.387 e. The van der Waals surface area contributed by atoms with E-state index in [9.17, 15) is 13.5 Å². The lowest BCUT2D eigenvalue weighted by Gasteiger charge is -2.47. The van der Waals surface area contributed by atoms with Crippen LogP contribution >= 0.6 is 11.3 Å². The van der Waals surface area contributed by atoms with Crippen LogP contribution in [0.5, 0.6) is 0 Å². The third-order valence-corrected chi connectivity index (χ3v) is 6.54. The number of aliphatic hydroxyl groups is 1. The van der Waals surface area contributed by atoms with Crippen LogP contribution in [0.3, 0.4) is 0 Å². The maximum Gasteiger partial charge on any atom is 0.252 e. The summed E-state index contributed by atoms with van der Waals surface area (Å²) in [6, 6.07) is 3.42. The summed E-state index contributed by atoms with van der Waals surface area (Å²) in [5, 5.41) is 10.1. The van der Waals surface area contributed by atoms with Crippen molar-refractivity contribution < 1.29 is 13.5 Å². The molecule has 96 valence electrons. The van der Waals surface area contributed by atoms with Crippen LogP contribution in [-0.4, -0.2) is 36.5 Å². The minimum absolute atomic E-state index is 0.0685. The molecule has 0 unspecified atom stereocenters. The Morgan fingerprint density at radius 2 is 2.00 bits per heavy atom. The fourth-order valence-corrected chi connectivity index (χ4v) is 4.78. The van der Waals surface area contributed by atoms with E-state index in [-0.39, 0.29) is 19.0 Å². The van der Waals surface area contributed by atoms with Gasteiger partial charge in [-0.15, -0.1) is 11.3 Å². The lowest BCUT2D eigenvalue weighted by molar-refractivity contribution is -0.0931. The van der Waals surface area contributed by atoms with Crippen LogP contribution in [-0.2, 0) is 10.0 Å². The molecule has 1 saturated heterocycles. The Morgan fingerprint density at radius 3 is 2.41 bits per heavy atom. The first kappa shape index (κ1) is 13.0. The summed E-state index contributed by atoms with van der Waals surface area (Å²) in [4.78, 5) is 0.975. The van der Waals surface area contributed by atoms with Gasteiger partial charge in [-0.05, 0) is 25.0 Å². The van der Waals surface area contributed by atoms with E-state index in [1.54, 1.807) is 12.1 Å². The van der Waals surface area contributed by atoms with E-state index in [0.717, 1.165) is 4.88 Å². The summed E-state index contributed by atoms with van der Waals surface area (Å²) >= 11 is 1.27. The number of hydrogen-bond acceptors (Lipinski definition) is 4. The van der Waals surface area contributed by atoms with Crippen LogP contribution in [0.2, 0.25) is 0 Å². The number of thiophene rings is 1. The van der Waals surface area contributed by atoms with Crippen LogP contribution in [0.25, 0.3) is 0 Å². The van der Waals surface area contributed by atoms with Gasteiger partial charge in [0.25, 0.3) is 10.0 Å². The van der Waals surface area contributed by atoms with Crippen LogP contribution in [0.15, 0.2) is 16.3 Å². The molecule has 1 fully saturated rings. The highest BCUT2D eigenvalue weighted by atomic mass is 32.2. The summed E-state index contributed by atoms with van der Waals surface area (Å²) in [5.41, 5.74) is -0.862. The van der Waals surface area contributed by atoms with Gasteiger partial charge in [-0.3, -0.25) is 0 Å². The van der Waals surface area contributed by atoms with Crippen molar-refractivity contribution in [2.45, 2.75) is 30.6 Å². The van der Waals surface area contributed by atoms with Gasteiger partial charge in [-0.2, -0.15) is 4.31 Å². The molecule has 4 nitrogen and oxygen atoms in total. The van der Waals surface area contributed by atoms with E-state index in [1.165, 1.54) is 15.6 Å². The van der Waals surface area contributed by atoms with E-state index in [2.05, 4.69) is 0 Å². The molecule has 0 spiro atoms. The van der Waals surface area contributed by atoms with Crippen molar-refractivity contribution in [3.8, 4) is 0 Å². The molecular weight excluding hydrogens is 258 g/mol. The van der Waals surface area contributed by atoms with Crippen molar-refractivity contribution in [3.05, 3.63) is 17.0 Å². The predicted molar refractivity (Wildman–Crippen MR) is 67.6 cm³/mol. The summed E-state index contributed by atoms with van der Waals surface area (Å²) in [6.45, 7) is 6.08. The van der Waals surface area contributed by atoms with E-state index >= 15 is 0 Å². The van der Waals surface area contributed by atoms with E-state index in [0.29, 0.717) is 4.21 Å². The normalized spacial score (nSPS) is 20.5. The number of hydrogen-bond donors (Lipinski definition) is 1. The fraction of sp³-hybridized carbons (Fsp3) is 0.636. The van der Waals surface area contributed by atoms with Gasteiger partial charge in [0.2, 0.25) is 0 Å². The van der Waals surface area contributed by atoms with Gasteiger partial charge in [0, 0.05) is 18.0 Å². The number of aryl methyl sites for hydroxylation is 1. The fourth-order valence-electron chi connectivity index (χ4n) is 1.78. The molecule has 0 saturated carbocycles. The zero-order valence-corrected chi connectivity index (χ0v) is 11.8. The largest absolute Gasteiger partial charge is 0.387 e. The Bertz CT molecular complexity index is 513. The summed E-state index contributed by atoms with van der Waals surface area (Å²) in [6.07, 6.45) is 0. The highest BCUT2D eigenvalue weighted by Crippen LogP contribution is 2.34. The zero-order chi connectivity index (χ0) is 12.8. The predicted octanol–water partition coefficient (Wildman–Crippen LogP) is 1.45. The third kappa shape index (κ3) is 2.14. The first-order valence-corrected chi connectivity index (χ1v) is 7.80. The molecule has 1 aromatic rings. The maximum absolute atomic E-state index is 12.2. The van der Waals surface area contributed by atoms with Crippen LogP contribution in [0.4, 0.5) is 0 Å². The van der Waals surface area contributed by atoms with Crippen molar-refractivity contribution in [2.75, 3.05) is 13.1 Å². The highest BCUT2D eigenvalue weighted by Gasteiger charge is 2.49. The van der Waals surface area contributed by atoms with Gasteiger partial charge in [0.15, 0.2) is 0 Å². The zero-order valence-electron chi connectivity index (χ0n) is 10.2. The minimum atomic E-state index is -3.39. The highest BCUT2D eigenvalue weighted by molar-refractivity contribution is 7.91. The third-order valence-electron chi connectivity index (χ3n) is 3.28.